The standard InChI is InChI=1S/C16H24ClNO/c1-8-7-14(17)9(2)6-13(8)16(18)15-10(3)11(4)19-12(15)5/h6-7,10-12,15-16H,18H2,1-5H3. The Bertz CT molecular complexity index is 474. The van der Waals surface area contributed by atoms with Crippen molar-refractivity contribution in [1.82, 2.24) is 0 Å². The van der Waals surface area contributed by atoms with E-state index in [-0.39, 0.29) is 18.2 Å². The zero-order valence-electron chi connectivity index (χ0n) is 12.4. The van der Waals surface area contributed by atoms with Gasteiger partial charge in [-0.05, 0) is 56.4 Å². The van der Waals surface area contributed by atoms with E-state index < -0.39 is 0 Å². The van der Waals surface area contributed by atoms with Crippen molar-refractivity contribution in [2.24, 2.45) is 17.6 Å². The fraction of sp³-hybridized carbons (Fsp3) is 0.625. The van der Waals surface area contributed by atoms with E-state index in [2.05, 4.69) is 33.8 Å². The molecule has 1 aromatic rings. The van der Waals surface area contributed by atoms with Gasteiger partial charge in [-0.3, -0.25) is 0 Å². The molecule has 2 nitrogen and oxygen atoms in total. The van der Waals surface area contributed by atoms with Gasteiger partial charge >= 0.3 is 0 Å². The van der Waals surface area contributed by atoms with Crippen molar-refractivity contribution in [3.8, 4) is 0 Å². The quantitative estimate of drug-likeness (QED) is 0.889. The molecular formula is C16H24ClNO. The summed E-state index contributed by atoms with van der Waals surface area (Å²) in [6.07, 6.45) is 0.482. The van der Waals surface area contributed by atoms with E-state index in [0.29, 0.717) is 11.8 Å². The molecule has 19 heavy (non-hydrogen) atoms. The molecule has 1 heterocycles. The Labute approximate surface area is 121 Å². The Morgan fingerprint density at radius 2 is 1.74 bits per heavy atom. The predicted octanol–water partition coefficient (Wildman–Crippen LogP) is 4.02. The van der Waals surface area contributed by atoms with E-state index in [1.54, 1.807) is 0 Å². The largest absolute Gasteiger partial charge is 0.375 e. The van der Waals surface area contributed by atoms with Gasteiger partial charge in [0.1, 0.15) is 0 Å². The summed E-state index contributed by atoms with van der Waals surface area (Å²) in [6, 6.07) is 4.15. The average Bonchev–Trinajstić information content (AvgIpc) is 2.57. The Balaban J connectivity index is 2.34. The molecule has 0 saturated carbocycles. The van der Waals surface area contributed by atoms with Crippen LogP contribution >= 0.6 is 11.6 Å². The molecule has 1 fully saturated rings. The van der Waals surface area contributed by atoms with Gasteiger partial charge in [-0.1, -0.05) is 24.6 Å². The van der Waals surface area contributed by atoms with Crippen LogP contribution in [0.1, 0.15) is 43.5 Å². The Kier molecular flexibility index (Phi) is 4.24. The highest BCUT2D eigenvalue weighted by molar-refractivity contribution is 6.31. The van der Waals surface area contributed by atoms with Gasteiger partial charge in [0.25, 0.3) is 0 Å². The van der Waals surface area contributed by atoms with Crippen LogP contribution in [0.5, 0.6) is 0 Å². The fourth-order valence-corrected chi connectivity index (χ4v) is 3.50. The molecule has 2 N–H and O–H groups in total. The first-order chi connectivity index (χ1) is 8.82. The molecule has 0 radical (unpaired) electrons. The summed E-state index contributed by atoms with van der Waals surface area (Å²) in [4.78, 5) is 0. The number of hydrogen-bond donors (Lipinski definition) is 1. The number of benzene rings is 1. The lowest BCUT2D eigenvalue weighted by atomic mass is 9.79. The third-order valence-corrected chi connectivity index (χ3v) is 5.05. The molecule has 106 valence electrons. The van der Waals surface area contributed by atoms with Crippen molar-refractivity contribution in [2.45, 2.75) is 52.9 Å². The van der Waals surface area contributed by atoms with Gasteiger partial charge in [-0.15, -0.1) is 0 Å². The minimum Gasteiger partial charge on any atom is -0.375 e. The lowest BCUT2D eigenvalue weighted by Gasteiger charge is -2.27. The minimum absolute atomic E-state index is 0.00548. The van der Waals surface area contributed by atoms with Crippen LogP contribution in [0, 0.1) is 25.7 Å². The molecule has 1 aliphatic rings. The van der Waals surface area contributed by atoms with E-state index in [1.807, 2.05) is 13.0 Å². The summed E-state index contributed by atoms with van der Waals surface area (Å²) in [5, 5.41) is 0.811. The third kappa shape index (κ3) is 2.67. The lowest BCUT2D eigenvalue weighted by molar-refractivity contribution is 0.0489. The van der Waals surface area contributed by atoms with Gasteiger partial charge in [-0.2, -0.15) is 0 Å². The van der Waals surface area contributed by atoms with Gasteiger partial charge in [0.2, 0.25) is 0 Å². The summed E-state index contributed by atoms with van der Waals surface area (Å²) >= 11 is 6.17. The van der Waals surface area contributed by atoms with Gasteiger partial charge in [0.05, 0.1) is 12.2 Å². The van der Waals surface area contributed by atoms with Crippen LogP contribution < -0.4 is 5.73 Å². The van der Waals surface area contributed by atoms with Gasteiger partial charge < -0.3 is 10.5 Å². The van der Waals surface area contributed by atoms with Crippen molar-refractivity contribution in [3.63, 3.8) is 0 Å². The molecule has 0 spiro atoms. The van der Waals surface area contributed by atoms with Crippen LogP contribution in [-0.4, -0.2) is 12.2 Å². The van der Waals surface area contributed by atoms with Crippen LogP contribution in [0.2, 0.25) is 5.02 Å². The van der Waals surface area contributed by atoms with Gasteiger partial charge in [-0.25, -0.2) is 0 Å². The predicted molar refractivity (Wildman–Crippen MR) is 80.5 cm³/mol. The summed E-state index contributed by atoms with van der Waals surface area (Å²) in [5.74, 6) is 0.828. The smallest absolute Gasteiger partial charge is 0.0600 e. The van der Waals surface area contributed by atoms with Gasteiger partial charge in [0.15, 0.2) is 0 Å². The van der Waals surface area contributed by atoms with Crippen molar-refractivity contribution in [1.29, 1.82) is 0 Å². The van der Waals surface area contributed by atoms with E-state index in [0.717, 1.165) is 10.6 Å². The first-order valence-corrected chi connectivity index (χ1v) is 7.38. The Hall–Kier alpha value is -0.570. The van der Waals surface area contributed by atoms with Crippen LogP contribution in [0.25, 0.3) is 0 Å². The van der Waals surface area contributed by atoms with Crippen LogP contribution in [-0.2, 0) is 4.74 Å². The second kappa shape index (κ2) is 5.43. The van der Waals surface area contributed by atoms with E-state index >= 15 is 0 Å². The maximum atomic E-state index is 6.54. The fourth-order valence-electron chi connectivity index (χ4n) is 3.28. The van der Waals surface area contributed by atoms with Crippen LogP contribution in [0.15, 0.2) is 12.1 Å². The number of aryl methyl sites for hydroxylation is 2. The van der Waals surface area contributed by atoms with Gasteiger partial charge in [0, 0.05) is 17.0 Å². The SMILES string of the molecule is Cc1cc(C(N)C2C(C)OC(C)C2C)c(C)cc1Cl. The van der Waals surface area contributed by atoms with Crippen molar-refractivity contribution >= 4 is 11.6 Å². The number of halogens is 1. The van der Waals surface area contributed by atoms with E-state index in [4.69, 9.17) is 22.1 Å². The monoisotopic (exact) mass is 281 g/mol. The zero-order valence-corrected chi connectivity index (χ0v) is 13.2. The minimum atomic E-state index is 0.00548. The summed E-state index contributed by atoms with van der Waals surface area (Å²) < 4.78 is 5.92. The summed E-state index contributed by atoms with van der Waals surface area (Å²) in [7, 11) is 0. The highest BCUT2D eigenvalue weighted by Crippen LogP contribution is 2.40. The van der Waals surface area contributed by atoms with Crippen LogP contribution in [0.4, 0.5) is 0 Å². The molecule has 0 amide bonds. The van der Waals surface area contributed by atoms with Crippen LogP contribution in [0.3, 0.4) is 0 Å². The van der Waals surface area contributed by atoms with E-state index in [1.165, 1.54) is 11.1 Å². The summed E-state index contributed by atoms with van der Waals surface area (Å²) in [6.45, 7) is 10.6. The summed E-state index contributed by atoms with van der Waals surface area (Å²) in [5.41, 5.74) is 9.99. The molecule has 2 rings (SSSR count). The maximum Gasteiger partial charge on any atom is 0.0600 e. The normalized spacial score (nSPS) is 32.6. The molecule has 5 atom stereocenters. The molecule has 3 heteroatoms. The zero-order chi connectivity index (χ0) is 14.3. The highest BCUT2D eigenvalue weighted by atomic mass is 35.5. The third-order valence-electron chi connectivity index (χ3n) is 4.64. The Morgan fingerprint density at radius 3 is 2.26 bits per heavy atom. The molecule has 0 aromatic heterocycles. The molecular weight excluding hydrogens is 258 g/mol. The topological polar surface area (TPSA) is 35.2 Å². The molecule has 1 aromatic carbocycles. The average molecular weight is 282 g/mol. The number of hydrogen-bond acceptors (Lipinski definition) is 2. The second-order valence-electron chi connectivity index (χ2n) is 5.97. The number of rotatable bonds is 2. The Morgan fingerprint density at radius 1 is 1.11 bits per heavy atom. The number of nitrogens with two attached hydrogens (primary N) is 1. The number of ether oxygens (including phenoxy) is 1. The lowest BCUT2D eigenvalue weighted by Crippen LogP contribution is -2.31. The molecule has 0 bridgehead atoms. The first kappa shape index (κ1) is 14.8. The van der Waals surface area contributed by atoms with Crippen molar-refractivity contribution in [2.75, 3.05) is 0 Å². The maximum absolute atomic E-state index is 6.54. The van der Waals surface area contributed by atoms with Crippen molar-refractivity contribution in [3.05, 3.63) is 33.8 Å². The second-order valence-corrected chi connectivity index (χ2v) is 6.37. The van der Waals surface area contributed by atoms with Crippen molar-refractivity contribution < 1.29 is 4.74 Å². The molecule has 5 unspecified atom stereocenters. The van der Waals surface area contributed by atoms with E-state index in [9.17, 15) is 0 Å². The molecule has 1 saturated heterocycles. The molecule has 0 aliphatic carbocycles. The highest BCUT2D eigenvalue weighted by Gasteiger charge is 2.41. The first-order valence-electron chi connectivity index (χ1n) is 7.00. The molecule has 1 aliphatic heterocycles.